The first kappa shape index (κ1) is 14.4. The van der Waals surface area contributed by atoms with Crippen LogP contribution in [0.4, 0.5) is 10.1 Å². The highest BCUT2D eigenvalue weighted by Gasteiger charge is 2.39. The van der Waals surface area contributed by atoms with Gasteiger partial charge in [-0.2, -0.15) is 0 Å². The fourth-order valence-corrected chi connectivity index (χ4v) is 2.86. The number of nitro groups is 1. The Morgan fingerprint density at radius 1 is 1.29 bits per heavy atom. The molecule has 7 heteroatoms. The zero-order valence-electron chi connectivity index (χ0n) is 11.6. The summed E-state index contributed by atoms with van der Waals surface area (Å²) in [7, 11) is 0. The van der Waals surface area contributed by atoms with Gasteiger partial charge in [0.1, 0.15) is 5.82 Å². The second kappa shape index (κ2) is 5.67. The largest absolute Gasteiger partial charge is 0.347 e. The normalized spacial score (nSPS) is 21.8. The van der Waals surface area contributed by atoms with E-state index in [2.05, 4.69) is 4.90 Å². The van der Waals surface area contributed by atoms with E-state index in [4.69, 9.17) is 9.47 Å². The van der Waals surface area contributed by atoms with Crippen LogP contribution in [0.3, 0.4) is 0 Å². The minimum atomic E-state index is -0.591. The Bertz CT molecular complexity index is 536. The van der Waals surface area contributed by atoms with E-state index in [9.17, 15) is 14.5 Å². The first-order valence-corrected chi connectivity index (χ1v) is 7.01. The molecule has 1 aromatic carbocycles. The quantitative estimate of drug-likeness (QED) is 0.631. The molecule has 0 unspecified atom stereocenters. The number of hydrogen-bond acceptors (Lipinski definition) is 5. The summed E-state index contributed by atoms with van der Waals surface area (Å²) in [5.74, 6) is -0.970. The van der Waals surface area contributed by atoms with Crippen LogP contribution in [0.5, 0.6) is 0 Å². The Morgan fingerprint density at radius 3 is 2.52 bits per heavy atom. The maximum atomic E-state index is 13.9. The van der Waals surface area contributed by atoms with Gasteiger partial charge in [-0.1, -0.05) is 0 Å². The summed E-state index contributed by atoms with van der Waals surface area (Å²) in [6.07, 6.45) is 1.53. The van der Waals surface area contributed by atoms with Crippen molar-refractivity contribution in [3.8, 4) is 0 Å². The van der Waals surface area contributed by atoms with E-state index in [1.165, 1.54) is 12.1 Å². The van der Waals surface area contributed by atoms with Gasteiger partial charge in [-0.25, -0.2) is 4.39 Å². The van der Waals surface area contributed by atoms with Gasteiger partial charge in [-0.15, -0.1) is 0 Å². The lowest BCUT2D eigenvalue weighted by Crippen LogP contribution is -2.44. The molecule has 0 saturated carbocycles. The Kier molecular flexibility index (Phi) is 3.88. The summed E-state index contributed by atoms with van der Waals surface area (Å²) in [4.78, 5) is 12.1. The molecule has 0 bridgehead atoms. The number of ether oxygens (including phenoxy) is 2. The fourth-order valence-electron chi connectivity index (χ4n) is 2.86. The first-order valence-electron chi connectivity index (χ1n) is 7.01. The van der Waals surface area contributed by atoms with Crippen LogP contribution in [0.2, 0.25) is 0 Å². The van der Waals surface area contributed by atoms with Gasteiger partial charge in [0, 0.05) is 44.1 Å². The van der Waals surface area contributed by atoms with E-state index in [1.807, 2.05) is 0 Å². The molecule has 0 atom stereocenters. The highest BCUT2D eigenvalue weighted by Crippen LogP contribution is 2.32. The molecule has 0 aliphatic carbocycles. The molecule has 0 aromatic heterocycles. The van der Waals surface area contributed by atoms with Crippen molar-refractivity contribution in [3.05, 3.63) is 39.7 Å². The maximum Gasteiger partial charge on any atom is 0.272 e. The Balaban J connectivity index is 1.61. The molecule has 0 N–H and O–H groups in total. The SMILES string of the molecule is O=[N+]([O-])c1ccc(CN2CCC3(CC2)OCCO3)c(F)c1. The van der Waals surface area contributed by atoms with Crippen molar-refractivity contribution in [1.82, 2.24) is 4.90 Å². The van der Waals surface area contributed by atoms with E-state index in [1.54, 1.807) is 0 Å². The molecule has 2 aliphatic heterocycles. The molecule has 3 rings (SSSR count). The highest BCUT2D eigenvalue weighted by atomic mass is 19.1. The summed E-state index contributed by atoms with van der Waals surface area (Å²) >= 11 is 0. The van der Waals surface area contributed by atoms with Crippen LogP contribution in [0.1, 0.15) is 18.4 Å². The lowest BCUT2D eigenvalue weighted by molar-refractivity contribution is -0.385. The van der Waals surface area contributed by atoms with Gasteiger partial charge in [0.15, 0.2) is 5.79 Å². The predicted molar refractivity (Wildman–Crippen MR) is 72.2 cm³/mol. The highest BCUT2D eigenvalue weighted by molar-refractivity contribution is 5.34. The van der Waals surface area contributed by atoms with Gasteiger partial charge < -0.3 is 9.47 Å². The summed E-state index contributed by atoms with van der Waals surface area (Å²) in [6, 6.07) is 3.80. The van der Waals surface area contributed by atoms with Crippen molar-refractivity contribution < 1.29 is 18.8 Å². The third-order valence-corrected chi connectivity index (χ3v) is 4.07. The molecular formula is C14H17FN2O4. The van der Waals surface area contributed by atoms with Crippen LogP contribution in [-0.4, -0.2) is 41.9 Å². The van der Waals surface area contributed by atoms with E-state index in [0.29, 0.717) is 25.3 Å². The zero-order valence-corrected chi connectivity index (χ0v) is 11.6. The lowest BCUT2D eigenvalue weighted by atomic mass is 10.0. The van der Waals surface area contributed by atoms with Gasteiger partial charge in [0.25, 0.3) is 5.69 Å². The van der Waals surface area contributed by atoms with Crippen LogP contribution in [-0.2, 0) is 16.0 Å². The van der Waals surface area contributed by atoms with Crippen molar-refractivity contribution in [2.75, 3.05) is 26.3 Å². The van der Waals surface area contributed by atoms with Crippen LogP contribution < -0.4 is 0 Å². The average molecular weight is 296 g/mol. The second-order valence-electron chi connectivity index (χ2n) is 5.42. The zero-order chi connectivity index (χ0) is 14.9. The number of hydrogen-bond donors (Lipinski definition) is 0. The van der Waals surface area contributed by atoms with Crippen molar-refractivity contribution in [2.45, 2.75) is 25.2 Å². The molecule has 2 aliphatic rings. The van der Waals surface area contributed by atoms with Crippen molar-refractivity contribution in [3.63, 3.8) is 0 Å². The van der Waals surface area contributed by atoms with Gasteiger partial charge in [0.2, 0.25) is 0 Å². The molecule has 2 fully saturated rings. The second-order valence-corrected chi connectivity index (χ2v) is 5.42. The number of nitro benzene ring substituents is 1. The van der Waals surface area contributed by atoms with E-state index >= 15 is 0 Å². The number of likely N-dealkylation sites (tertiary alicyclic amines) is 1. The van der Waals surface area contributed by atoms with Gasteiger partial charge in [0.05, 0.1) is 24.2 Å². The molecular weight excluding hydrogens is 279 g/mol. The third kappa shape index (κ3) is 3.04. The molecule has 2 saturated heterocycles. The topological polar surface area (TPSA) is 64.8 Å². The van der Waals surface area contributed by atoms with Crippen LogP contribution >= 0.6 is 0 Å². The predicted octanol–water partition coefficient (Wildman–Crippen LogP) is 2.07. The number of benzene rings is 1. The average Bonchev–Trinajstić information content (AvgIpc) is 2.92. The minimum absolute atomic E-state index is 0.221. The smallest absolute Gasteiger partial charge is 0.272 e. The van der Waals surface area contributed by atoms with Gasteiger partial charge in [-0.3, -0.25) is 15.0 Å². The van der Waals surface area contributed by atoms with E-state index in [-0.39, 0.29) is 5.69 Å². The summed E-state index contributed by atoms with van der Waals surface area (Å²) in [5, 5.41) is 10.6. The molecule has 6 nitrogen and oxygen atoms in total. The number of halogens is 1. The number of nitrogens with zero attached hydrogens (tertiary/aromatic N) is 2. The summed E-state index contributed by atoms with van der Waals surface area (Å²) in [6.45, 7) is 3.24. The standard InChI is InChI=1S/C14H17FN2O4/c15-13-9-12(17(18)19)2-1-11(13)10-16-5-3-14(4-6-16)20-7-8-21-14/h1-2,9H,3-8,10H2. The molecule has 1 aromatic rings. The molecule has 2 heterocycles. The molecule has 21 heavy (non-hydrogen) atoms. The molecule has 114 valence electrons. The Labute approximate surface area is 121 Å². The third-order valence-electron chi connectivity index (χ3n) is 4.07. The molecule has 0 amide bonds. The summed E-state index contributed by atoms with van der Waals surface area (Å²) in [5.41, 5.74) is 0.256. The van der Waals surface area contributed by atoms with Crippen LogP contribution in [0.15, 0.2) is 18.2 Å². The molecule has 1 spiro atoms. The Hall–Kier alpha value is -1.57. The van der Waals surface area contributed by atoms with Crippen molar-refractivity contribution in [2.24, 2.45) is 0 Å². The Morgan fingerprint density at radius 2 is 1.95 bits per heavy atom. The first-order chi connectivity index (χ1) is 10.1. The van der Waals surface area contributed by atoms with Crippen molar-refractivity contribution in [1.29, 1.82) is 0 Å². The summed E-state index contributed by atoms with van der Waals surface area (Å²) < 4.78 is 25.2. The fraction of sp³-hybridized carbons (Fsp3) is 0.571. The molecule has 0 radical (unpaired) electrons. The lowest BCUT2D eigenvalue weighted by Gasteiger charge is -2.37. The van der Waals surface area contributed by atoms with Crippen molar-refractivity contribution >= 4 is 5.69 Å². The van der Waals surface area contributed by atoms with Gasteiger partial charge in [-0.05, 0) is 6.07 Å². The monoisotopic (exact) mass is 296 g/mol. The number of rotatable bonds is 3. The van der Waals surface area contributed by atoms with Gasteiger partial charge >= 0.3 is 0 Å². The maximum absolute atomic E-state index is 13.9. The van der Waals surface area contributed by atoms with Crippen LogP contribution in [0.25, 0.3) is 0 Å². The van der Waals surface area contributed by atoms with E-state index < -0.39 is 16.5 Å². The number of piperidine rings is 1. The number of non-ortho nitro benzene ring substituents is 1. The minimum Gasteiger partial charge on any atom is -0.347 e. The van der Waals surface area contributed by atoms with Crippen LogP contribution in [0, 0.1) is 15.9 Å². The van der Waals surface area contributed by atoms with E-state index in [0.717, 1.165) is 32.0 Å².